The van der Waals surface area contributed by atoms with Gasteiger partial charge in [-0.15, -0.1) is 0 Å². The van der Waals surface area contributed by atoms with Crippen molar-refractivity contribution in [3.05, 3.63) is 76.9 Å². The third-order valence-corrected chi connectivity index (χ3v) is 7.30. The van der Waals surface area contributed by atoms with E-state index < -0.39 is 0 Å². The van der Waals surface area contributed by atoms with Crippen LogP contribution >= 0.6 is 0 Å². The molecular formula is C33H39N3O2. The van der Waals surface area contributed by atoms with E-state index in [0.717, 1.165) is 35.1 Å². The number of aromatic hydroxyl groups is 1. The number of aromatic nitrogens is 3. The van der Waals surface area contributed by atoms with E-state index >= 15 is 0 Å². The van der Waals surface area contributed by atoms with Gasteiger partial charge in [0.1, 0.15) is 11.5 Å². The molecule has 4 aromatic rings. The summed E-state index contributed by atoms with van der Waals surface area (Å²) in [4.78, 5) is 14.6. The summed E-state index contributed by atoms with van der Waals surface area (Å²) in [6.45, 7) is 11.2. The molecule has 3 aromatic carbocycles. The Morgan fingerprint density at radius 1 is 0.632 bits per heavy atom. The molecule has 5 nitrogen and oxygen atoms in total. The van der Waals surface area contributed by atoms with Crippen molar-refractivity contribution in [1.29, 1.82) is 0 Å². The van der Waals surface area contributed by atoms with Gasteiger partial charge in [-0.1, -0.05) is 75.4 Å². The first kappa shape index (κ1) is 27.3. The molecule has 1 aromatic heterocycles. The second kappa shape index (κ2) is 12.7. The van der Waals surface area contributed by atoms with Crippen LogP contribution in [0.4, 0.5) is 0 Å². The number of hydrogen-bond acceptors (Lipinski definition) is 5. The van der Waals surface area contributed by atoms with Gasteiger partial charge in [-0.05, 0) is 68.5 Å². The van der Waals surface area contributed by atoms with Crippen molar-refractivity contribution < 1.29 is 9.84 Å². The standard InChI is InChI=1S/C33H39N3O2/c1-6-7-8-9-10-11-20-38-26-18-19-29(30(37)21-26)33-35-31(27-16-12-14-22(2)24(27)4)34-32(36-33)28-17-13-15-23(3)25(28)5/h12-19,21,37H,6-11,20H2,1-5H3. The maximum absolute atomic E-state index is 11.0. The maximum atomic E-state index is 11.0. The van der Waals surface area contributed by atoms with Crippen LogP contribution in [0.5, 0.6) is 11.5 Å². The van der Waals surface area contributed by atoms with Gasteiger partial charge in [0.25, 0.3) is 0 Å². The summed E-state index contributed by atoms with van der Waals surface area (Å²) in [5, 5.41) is 11.0. The number of phenols is 1. The van der Waals surface area contributed by atoms with Crippen LogP contribution in [0.1, 0.15) is 67.7 Å². The molecule has 0 aliphatic heterocycles. The first-order valence-corrected chi connectivity index (χ1v) is 13.7. The van der Waals surface area contributed by atoms with Crippen molar-refractivity contribution in [1.82, 2.24) is 15.0 Å². The predicted molar refractivity (Wildman–Crippen MR) is 156 cm³/mol. The zero-order valence-electron chi connectivity index (χ0n) is 23.3. The molecule has 0 saturated heterocycles. The average molecular weight is 510 g/mol. The molecule has 0 fully saturated rings. The molecule has 0 bridgehead atoms. The summed E-state index contributed by atoms with van der Waals surface area (Å²) in [6.07, 6.45) is 7.25. The fourth-order valence-electron chi connectivity index (χ4n) is 4.59. The lowest BCUT2D eigenvalue weighted by molar-refractivity contribution is 0.303. The van der Waals surface area contributed by atoms with Crippen molar-refractivity contribution in [2.45, 2.75) is 73.1 Å². The fourth-order valence-corrected chi connectivity index (χ4v) is 4.59. The van der Waals surface area contributed by atoms with Crippen LogP contribution in [0, 0.1) is 27.7 Å². The zero-order chi connectivity index (χ0) is 27.1. The molecule has 5 heteroatoms. The number of ether oxygens (including phenoxy) is 1. The lowest BCUT2D eigenvalue weighted by Crippen LogP contribution is -2.03. The van der Waals surface area contributed by atoms with Gasteiger partial charge in [0.2, 0.25) is 0 Å². The highest BCUT2D eigenvalue weighted by Crippen LogP contribution is 2.34. The van der Waals surface area contributed by atoms with Gasteiger partial charge in [-0.2, -0.15) is 0 Å². The normalized spacial score (nSPS) is 11.1. The summed E-state index contributed by atoms with van der Waals surface area (Å²) < 4.78 is 5.91. The van der Waals surface area contributed by atoms with Gasteiger partial charge in [-0.25, -0.2) is 15.0 Å². The number of benzene rings is 3. The Hall–Kier alpha value is -3.73. The molecule has 0 amide bonds. The second-order valence-electron chi connectivity index (χ2n) is 10.1. The highest BCUT2D eigenvalue weighted by molar-refractivity contribution is 5.72. The Balaban J connectivity index is 1.67. The fraction of sp³-hybridized carbons (Fsp3) is 0.364. The summed E-state index contributed by atoms with van der Waals surface area (Å²) in [7, 11) is 0. The predicted octanol–water partition coefficient (Wildman–Crippen LogP) is 8.55. The van der Waals surface area contributed by atoms with E-state index in [4.69, 9.17) is 19.7 Å². The first-order chi connectivity index (χ1) is 18.4. The number of aryl methyl sites for hydroxylation is 2. The number of rotatable bonds is 11. The lowest BCUT2D eigenvalue weighted by atomic mass is 10.0. The third-order valence-electron chi connectivity index (χ3n) is 7.30. The molecule has 198 valence electrons. The molecule has 38 heavy (non-hydrogen) atoms. The van der Waals surface area contributed by atoms with E-state index in [9.17, 15) is 5.11 Å². The summed E-state index contributed by atoms with van der Waals surface area (Å²) in [5.74, 6) is 2.37. The SMILES string of the molecule is CCCCCCCCOc1ccc(-c2nc(-c3cccc(C)c3C)nc(-c3cccc(C)c3C)n2)c(O)c1. The maximum Gasteiger partial charge on any atom is 0.167 e. The molecule has 0 atom stereocenters. The van der Waals surface area contributed by atoms with E-state index in [0.29, 0.717) is 35.4 Å². The van der Waals surface area contributed by atoms with Gasteiger partial charge in [0, 0.05) is 17.2 Å². The van der Waals surface area contributed by atoms with Crippen molar-refractivity contribution in [2.75, 3.05) is 6.61 Å². The number of phenolic OH excluding ortho intramolecular Hbond substituents is 1. The molecule has 1 N–H and O–H groups in total. The zero-order valence-corrected chi connectivity index (χ0v) is 23.3. The van der Waals surface area contributed by atoms with Crippen LogP contribution in [0.25, 0.3) is 34.2 Å². The van der Waals surface area contributed by atoms with E-state index in [1.165, 1.54) is 36.8 Å². The van der Waals surface area contributed by atoms with Crippen molar-refractivity contribution in [2.24, 2.45) is 0 Å². The van der Waals surface area contributed by atoms with Crippen LogP contribution < -0.4 is 4.74 Å². The first-order valence-electron chi connectivity index (χ1n) is 13.7. The summed E-state index contributed by atoms with van der Waals surface area (Å²) in [5.41, 5.74) is 7.06. The minimum Gasteiger partial charge on any atom is -0.507 e. The number of hydrogen-bond donors (Lipinski definition) is 1. The van der Waals surface area contributed by atoms with Crippen molar-refractivity contribution in [3.63, 3.8) is 0 Å². The highest BCUT2D eigenvalue weighted by atomic mass is 16.5. The smallest absolute Gasteiger partial charge is 0.167 e. The summed E-state index contributed by atoms with van der Waals surface area (Å²) >= 11 is 0. The number of unbranched alkanes of at least 4 members (excludes halogenated alkanes) is 5. The minimum absolute atomic E-state index is 0.0930. The Morgan fingerprint density at radius 3 is 1.71 bits per heavy atom. The topological polar surface area (TPSA) is 68.1 Å². The van der Waals surface area contributed by atoms with Crippen molar-refractivity contribution >= 4 is 0 Å². The molecule has 1 heterocycles. The Labute approximate surface area is 227 Å². The van der Waals surface area contributed by atoms with Crippen LogP contribution in [-0.2, 0) is 0 Å². The Morgan fingerprint density at radius 2 is 1.16 bits per heavy atom. The molecule has 0 unspecified atom stereocenters. The second-order valence-corrected chi connectivity index (χ2v) is 10.1. The molecule has 4 rings (SSSR count). The van der Waals surface area contributed by atoms with Gasteiger partial charge < -0.3 is 9.84 Å². The number of nitrogens with zero attached hydrogens (tertiary/aromatic N) is 3. The van der Waals surface area contributed by atoms with Crippen LogP contribution in [0.2, 0.25) is 0 Å². The van der Waals surface area contributed by atoms with Crippen LogP contribution in [0.3, 0.4) is 0 Å². The van der Waals surface area contributed by atoms with Crippen LogP contribution in [-0.4, -0.2) is 26.7 Å². The molecule has 0 aliphatic rings. The summed E-state index contributed by atoms with van der Waals surface area (Å²) in [6, 6.07) is 17.7. The molecule has 0 saturated carbocycles. The van der Waals surface area contributed by atoms with Gasteiger partial charge in [0.15, 0.2) is 17.5 Å². The van der Waals surface area contributed by atoms with E-state index in [-0.39, 0.29) is 5.75 Å². The largest absolute Gasteiger partial charge is 0.507 e. The van der Waals surface area contributed by atoms with Gasteiger partial charge in [-0.3, -0.25) is 0 Å². The third kappa shape index (κ3) is 6.39. The molecular weight excluding hydrogens is 470 g/mol. The molecule has 0 spiro atoms. The Kier molecular flexibility index (Phi) is 9.11. The van der Waals surface area contributed by atoms with E-state index in [1.54, 1.807) is 6.07 Å². The van der Waals surface area contributed by atoms with Gasteiger partial charge in [0.05, 0.1) is 12.2 Å². The van der Waals surface area contributed by atoms with E-state index in [2.05, 4.69) is 46.8 Å². The monoisotopic (exact) mass is 509 g/mol. The quantitative estimate of drug-likeness (QED) is 0.205. The Bertz CT molecular complexity index is 1330. The highest BCUT2D eigenvalue weighted by Gasteiger charge is 2.18. The van der Waals surface area contributed by atoms with E-state index in [1.807, 2.05) is 36.4 Å². The van der Waals surface area contributed by atoms with Crippen LogP contribution in [0.15, 0.2) is 54.6 Å². The lowest BCUT2D eigenvalue weighted by Gasteiger charge is -2.14. The minimum atomic E-state index is 0.0930. The molecule has 0 radical (unpaired) electrons. The molecule has 0 aliphatic carbocycles. The van der Waals surface area contributed by atoms with Gasteiger partial charge >= 0.3 is 0 Å². The van der Waals surface area contributed by atoms with Crippen molar-refractivity contribution in [3.8, 4) is 45.7 Å². The average Bonchev–Trinajstić information content (AvgIpc) is 2.91.